The van der Waals surface area contributed by atoms with Gasteiger partial charge in [-0.1, -0.05) is 6.92 Å². The number of rotatable bonds is 4. The van der Waals surface area contributed by atoms with Crippen molar-refractivity contribution < 1.29 is 14.3 Å². The van der Waals surface area contributed by atoms with E-state index in [2.05, 4.69) is 20.8 Å². The summed E-state index contributed by atoms with van der Waals surface area (Å²) in [6.07, 6.45) is 1.97. The molecule has 0 radical (unpaired) electrons. The maximum absolute atomic E-state index is 12.2. The molecule has 106 valence electrons. The second-order valence-electron chi connectivity index (χ2n) is 4.79. The summed E-state index contributed by atoms with van der Waals surface area (Å²) >= 11 is 3.20. The van der Waals surface area contributed by atoms with Gasteiger partial charge in [0.2, 0.25) is 0 Å². The molecule has 0 aromatic carbocycles. The van der Waals surface area contributed by atoms with Gasteiger partial charge in [-0.2, -0.15) is 0 Å². The summed E-state index contributed by atoms with van der Waals surface area (Å²) in [7, 11) is 0. The fourth-order valence-corrected chi connectivity index (χ4v) is 2.51. The van der Waals surface area contributed by atoms with Crippen LogP contribution in [0.3, 0.4) is 0 Å². The van der Waals surface area contributed by atoms with Crippen LogP contribution in [0.2, 0.25) is 0 Å². The van der Waals surface area contributed by atoms with Gasteiger partial charge in [-0.15, -0.1) is 0 Å². The summed E-state index contributed by atoms with van der Waals surface area (Å²) < 4.78 is 5.66. The van der Waals surface area contributed by atoms with Crippen molar-refractivity contribution in [3.05, 3.63) is 22.6 Å². The summed E-state index contributed by atoms with van der Waals surface area (Å²) in [4.78, 5) is 16.2. The number of β-amino-alcohol motifs (C(OH)–C–C–N with tert-alkyl or cyclic N) is 1. The summed E-state index contributed by atoms with van der Waals surface area (Å²) in [5, 5.41) is 9.63. The molecule has 1 N–H and O–H groups in total. The second-order valence-corrected chi connectivity index (χ2v) is 5.58. The van der Waals surface area contributed by atoms with E-state index in [9.17, 15) is 9.90 Å². The first-order valence-corrected chi connectivity index (χ1v) is 7.33. The molecule has 1 atom stereocenters. The highest BCUT2D eigenvalue weighted by Gasteiger charge is 2.23. The third kappa shape index (κ3) is 3.81. The third-order valence-corrected chi connectivity index (χ3v) is 3.83. The van der Waals surface area contributed by atoms with E-state index in [1.807, 2.05) is 11.8 Å². The van der Waals surface area contributed by atoms with Crippen LogP contribution in [-0.2, 0) is 0 Å². The van der Waals surface area contributed by atoms with Gasteiger partial charge in [-0.05, 0) is 22.4 Å². The molecule has 1 saturated heterocycles. The Morgan fingerprint density at radius 2 is 2.16 bits per heavy atom. The Kier molecular flexibility index (Phi) is 5.01. The van der Waals surface area contributed by atoms with Crippen molar-refractivity contribution in [3.8, 4) is 0 Å². The zero-order valence-corrected chi connectivity index (χ0v) is 12.6. The Morgan fingerprint density at radius 3 is 2.68 bits per heavy atom. The van der Waals surface area contributed by atoms with Crippen LogP contribution >= 0.6 is 15.9 Å². The molecule has 0 bridgehead atoms. The monoisotopic (exact) mass is 330 g/mol. The van der Waals surface area contributed by atoms with Crippen LogP contribution in [0.15, 0.2) is 21.4 Å². The largest absolute Gasteiger partial charge is 0.457 e. The number of aliphatic hydroxyl groups excluding tert-OH is 1. The number of hydrogen-bond acceptors (Lipinski definition) is 4. The van der Waals surface area contributed by atoms with Crippen LogP contribution in [0.5, 0.6) is 0 Å². The number of hydrogen-bond donors (Lipinski definition) is 1. The minimum Gasteiger partial charge on any atom is -0.457 e. The molecule has 1 aromatic rings. The quantitative estimate of drug-likeness (QED) is 0.910. The molecule has 1 fully saturated rings. The molecule has 5 nitrogen and oxygen atoms in total. The lowest BCUT2D eigenvalue weighted by Gasteiger charge is -2.35. The standard InChI is InChI=1S/C13H19BrN2O3/c1-2-11(17)8-15-3-5-16(6-4-15)13(18)10-7-12(14)19-9-10/h7,9,11,17H,2-6,8H2,1H3/t11-/m1/s1. The molecular formula is C13H19BrN2O3. The van der Waals surface area contributed by atoms with Crippen molar-refractivity contribution >= 4 is 21.8 Å². The summed E-state index contributed by atoms with van der Waals surface area (Å²) in [6, 6.07) is 1.69. The van der Waals surface area contributed by atoms with Crippen molar-refractivity contribution in [3.63, 3.8) is 0 Å². The minimum absolute atomic E-state index is 0.00476. The maximum atomic E-state index is 12.2. The van der Waals surface area contributed by atoms with Crippen LogP contribution in [-0.4, -0.2) is 59.6 Å². The highest BCUT2D eigenvalue weighted by Crippen LogP contribution is 2.16. The van der Waals surface area contributed by atoms with E-state index >= 15 is 0 Å². The van der Waals surface area contributed by atoms with Crippen LogP contribution in [0.1, 0.15) is 23.7 Å². The zero-order chi connectivity index (χ0) is 13.8. The number of nitrogens with zero attached hydrogens (tertiary/aromatic N) is 2. The van der Waals surface area contributed by atoms with E-state index in [-0.39, 0.29) is 12.0 Å². The van der Waals surface area contributed by atoms with Crippen molar-refractivity contribution in [2.24, 2.45) is 0 Å². The molecule has 19 heavy (non-hydrogen) atoms. The van der Waals surface area contributed by atoms with E-state index in [4.69, 9.17) is 4.42 Å². The Morgan fingerprint density at radius 1 is 1.47 bits per heavy atom. The molecule has 2 rings (SSSR count). The first-order chi connectivity index (χ1) is 9.10. The smallest absolute Gasteiger partial charge is 0.257 e. The average Bonchev–Trinajstić information content (AvgIpc) is 2.85. The predicted molar refractivity (Wildman–Crippen MR) is 75.0 cm³/mol. The van der Waals surface area contributed by atoms with Crippen molar-refractivity contribution in [2.45, 2.75) is 19.4 Å². The maximum Gasteiger partial charge on any atom is 0.257 e. The highest BCUT2D eigenvalue weighted by atomic mass is 79.9. The predicted octanol–water partition coefficient (Wildman–Crippen LogP) is 1.57. The Bertz CT molecular complexity index is 427. The van der Waals surface area contributed by atoms with Crippen molar-refractivity contribution in [2.75, 3.05) is 32.7 Å². The third-order valence-electron chi connectivity index (χ3n) is 3.41. The van der Waals surface area contributed by atoms with Gasteiger partial charge in [0.25, 0.3) is 5.91 Å². The highest BCUT2D eigenvalue weighted by molar-refractivity contribution is 9.10. The summed E-state index contributed by atoms with van der Waals surface area (Å²) in [6.45, 7) is 5.66. The van der Waals surface area contributed by atoms with Gasteiger partial charge in [0, 0.05) is 38.8 Å². The molecule has 1 aliphatic rings. The van der Waals surface area contributed by atoms with Crippen LogP contribution in [0.25, 0.3) is 0 Å². The lowest BCUT2D eigenvalue weighted by molar-refractivity contribution is 0.0523. The summed E-state index contributed by atoms with van der Waals surface area (Å²) in [5.74, 6) is 0.00476. The molecule has 0 saturated carbocycles. The molecular weight excluding hydrogens is 312 g/mol. The van der Waals surface area contributed by atoms with Gasteiger partial charge in [0.05, 0.1) is 11.7 Å². The number of piperazine rings is 1. The molecule has 1 aliphatic heterocycles. The van der Waals surface area contributed by atoms with Gasteiger partial charge in [0.15, 0.2) is 4.67 Å². The number of carbonyl (C=O) groups excluding carboxylic acids is 1. The SMILES string of the molecule is CC[C@@H](O)CN1CCN(C(=O)c2coc(Br)c2)CC1. The molecule has 1 aromatic heterocycles. The zero-order valence-electron chi connectivity index (χ0n) is 11.0. The minimum atomic E-state index is -0.271. The van der Waals surface area contributed by atoms with Gasteiger partial charge >= 0.3 is 0 Å². The Balaban J connectivity index is 1.84. The lowest BCUT2D eigenvalue weighted by Crippen LogP contribution is -2.50. The second kappa shape index (κ2) is 6.54. The number of halogens is 1. The Hall–Kier alpha value is -0.850. The van der Waals surface area contributed by atoms with E-state index in [1.165, 1.54) is 6.26 Å². The molecule has 0 spiro atoms. The fraction of sp³-hybridized carbons (Fsp3) is 0.615. The molecule has 1 amide bonds. The number of furan rings is 1. The summed E-state index contributed by atoms with van der Waals surface area (Å²) in [5.41, 5.74) is 0.578. The topological polar surface area (TPSA) is 56.9 Å². The van der Waals surface area contributed by atoms with Crippen LogP contribution < -0.4 is 0 Å². The van der Waals surface area contributed by atoms with E-state index < -0.39 is 0 Å². The Labute approximate surface area is 121 Å². The van der Waals surface area contributed by atoms with E-state index in [0.717, 1.165) is 19.5 Å². The lowest BCUT2D eigenvalue weighted by atomic mass is 10.2. The molecule has 0 unspecified atom stereocenters. The first-order valence-electron chi connectivity index (χ1n) is 6.54. The van der Waals surface area contributed by atoms with Gasteiger partial charge in [-0.3, -0.25) is 9.69 Å². The normalized spacial score (nSPS) is 18.6. The van der Waals surface area contributed by atoms with Crippen LogP contribution in [0.4, 0.5) is 0 Å². The van der Waals surface area contributed by atoms with E-state index in [0.29, 0.717) is 29.9 Å². The number of carbonyl (C=O) groups is 1. The fourth-order valence-electron chi connectivity index (χ4n) is 2.17. The number of aliphatic hydroxyl groups is 1. The van der Waals surface area contributed by atoms with Crippen LogP contribution in [0, 0.1) is 0 Å². The number of amides is 1. The van der Waals surface area contributed by atoms with Gasteiger partial charge in [-0.25, -0.2) is 0 Å². The van der Waals surface area contributed by atoms with Gasteiger partial charge < -0.3 is 14.4 Å². The molecule has 0 aliphatic carbocycles. The molecule has 2 heterocycles. The van der Waals surface area contributed by atoms with Gasteiger partial charge in [0.1, 0.15) is 6.26 Å². The van der Waals surface area contributed by atoms with E-state index in [1.54, 1.807) is 6.07 Å². The average molecular weight is 331 g/mol. The molecule has 6 heteroatoms. The first kappa shape index (κ1) is 14.6. The van der Waals surface area contributed by atoms with Crippen molar-refractivity contribution in [1.29, 1.82) is 0 Å². The van der Waals surface area contributed by atoms with Crippen molar-refractivity contribution in [1.82, 2.24) is 9.80 Å².